The summed E-state index contributed by atoms with van der Waals surface area (Å²) < 4.78 is 45.8. The summed E-state index contributed by atoms with van der Waals surface area (Å²) in [5.74, 6) is 1.28. The lowest BCUT2D eigenvalue weighted by Crippen LogP contribution is -2.19. The molecular weight excluding hydrogens is 431 g/mol. The lowest BCUT2D eigenvalue weighted by atomic mass is 10.1. The summed E-state index contributed by atoms with van der Waals surface area (Å²) in [7, 11) is 0. The summed E-state index contributed by atoms with van der Waals surface area (Å²) in [6, 6.07) is 5.31. The minimum atomic E-state index is -4.41. The predicted octanol–water partition coefficient (Wildman–Crippen LogP) is 5.18. The van der Waals surface area contributed by atoms with E-state index in [4.69, 9.17) is 9.84 Å². The van der Waals surface area contributed by atoms with Gasteiger partial charge >= 0.3 is 6.18 Å². The first-order chi connectivity index (χ1) is 15.8. The molecule has 0 radical (unpaired) electrons. The quantitative estimate of drug-likeness (QED) is 0.414. The molecule has 0 unspecified atom stereocenters. The van der Waals surface area contributed by atoms with Gasteiger partial charge in [0.2, 0.25) is 0 Å². The Kier molecular flexibility index (Phi) is 8.41. The molecule has 176 valence electrons. The summed E-state index contributed by atoms with van der Waals surface area (Å²) in [5.41, 5.74) is 1.06. The van der Waals surface area contributed by atoms with E-state index in [1.165, 1.54) is 12.1 Å². The molecule has 1 fully saturated rings. The number of benzene rings is 1. The van der Waals surface area contributed by atoms with Crippen molar-refractivity contribution >= 4 is 5.57 Å². The van der Waals surface area contributed by atoms with Crippen LogP contribution < -0.4 is 4.74 Å². The number of ether oxygens (including phenoxy) is 1. The first-order valence-corrected chi connectivity index (χ1v) is 10.9. The molecule has 1 N–H and O–H groups in total. The zero-order chi connectivity index (χ0) is 23.8. The maximum absolute atomic E-state index is 13.3. The molecule has 0 atom stereocenters. The van der Waals surface area contributed by atoms with Crippen molar-refractivity contribution in [3.63, 3.8) is 0 Å². The SMILES string of the molecule is C=C(/C=C\C(=C/C)Oc1ccc(C(F)(F)F)cc1CN1CCCC1)c1nccc(CCO)n1. The van der Waals surface area contributed by atoms with E-state index in [0.29, 0.717) is 47.1 Å². The number of rotatable bonds is 9. The fourth-order valence-electron chi connectivity index (χ4n) is 3.54. The van der Waals surface area contributed by atoms with Crippen molar-refractivity contribution < 1.29 is 23.0 Å². The van der Waals surface area contributed by atoms with Crippen LogP contribution in [0.4, 0.5) is 13.2 Å². The van der Waals surface area contributed by atoms with Gasteiger partial charge in [0.1, 0.15) is 11.5 Å². The molecule has 0 spiro atoms. The molecule has 0 aliphatic carbocycles. The fourth-order valence-corrected chi connectivity index (χ4v) is 3.54. The molecule has 2 heterocycles. The van der Waals surface area contributed by atoms with Gasteiger partial charge in [-0.1, -0.05) is 6.58 Å². The molecule has 0 saturated carbocycles. The van der Waals surface area contributed by atoms with E-state index < -0.39 is 11.7 Å². The molecule has 0 bridgehead atoms. The number of aromatic nitrogens is 2. The first kappa shape index (κ1) is 24.7. The Morgan fingerprint density at radius 1 is 1.21 bits per heavy atom. The second kappa shape index (κ2) is 11.2. The summed E-state index contributed by atoms with van der Waals surface area (Å²) in [6.45, 7) is 7.87. The molecule has 1 aliphatic rings. The van der Waals surface area contributed by atoms with Crippen LogP contribution in [0, 0.1) is 0 Å². The van der Waals surface area contributed by atoms with Gasteiger partial charge in [0.25, 0.3) is 0 Å². The van der Waals surface area contributed by atoms with Crippen molar-refractivity contribution in [2.24, 2.45) is 0 Å². The number of allylic oxidation sites excluding steroid dienone is 4. The second-order valence-electron chi connectivity index (χ2n) is 7.80. The number of halogens is 3. The van der Waals surface area contributed by atoms with Gasteiger partial charge in [0, 0.05) is 42.6 Å². The van der Waals surface area contributed by atoms with Crippen LogP contribution in [0.5, 0.6) is 5.75 Å². The Balaban J connectivity index is 1.78. The van der Waals surface area contributed by atoms with Gasteiger partial charge in [-0.15, -0.1) is 0 Å². The highest BCUT2D eigenvalue weighted by Crippen LogP contribution is 2.34. The lowest BCUT2D eigenvalue weighted by molar-refractivity contribution is -0.137. The monoisotopic (exact) mass is 459 g/mol. The van der Waals surface area contributed by atoms with Crippen LogP contribution in [0.1, 0.15) is 42.4 Å². The van der Waals surface area contributed by atoms with Gasteiger partial charge in [-0.25, -0.2) is 9.97 Å². The van der Waals surface area contributed by atoms with Gasteiger partial charge in [-0.3, -0.25) is 4.90 Å². The highest BCUT2D eigenvalue weighted by Gasteiger charge is 2.31. The minimum absolute atomic E-state index is 0.0117. The Bertz CT molecular complexity index is 1030. The third-order valence-corrected chi connectivity index (χ3v) is 5.31. The molecule has 1 aromatic heterocycles. The number of aliphatic hydroxyl groups excluding tert-OH is 1. The molecule has 5 nitrogen and oxygen atoms in total. The van der Waals surface area contributed by atoms with E-state index in [0.717, 1.165) is 32.0 Å². The number of nitrogens with zero attached hydrogens (tertiary/aromatic N) is 3. The third-order valence-electron chi connectivity index (χ3n) is 5.31. The molecular formula is C25H28F3N3O2. The molecule has 0 amide bonds. The first-order valence-electron chi connectivity index (χ1n) is 10.9. The van der Waals surface area contributed by atoms with E-state index >= 15 is 0 Å². The van der Waals surface area contributed by atoms with E-state index in [-0.39, 0.29) is 6.61 Å². The van der Waals surface area contributed by atoms with Crippen LogP contribution in [0.15, 0.2) is 61.0 Å². The van der Waals surface area contributed by atoms with Crippen molar-refractivity contribution in [3.8, 4) is 5.75 Å². The smallest absolute Gasteiger partial charge is 0.416 e. The summed E-state index contributed by atoms with van der Waals surface area (Å²) in [4.78, 5) is 10.7. The van der Waals surface area contributed by atoms with Gasteiger partial charge < -0.3 is 9.84 Å². The average Bonchev–Trinajstić information content (AvgIpc) is 3.30. The summed E-state index contributed by atoms with van der Waals surface area (Å²) >= 11 is 0. The standard InChI is InChI=1S/C25H28F3N3O2/c1-3-22(8-6-18(2)24-29-12-10-21(30-24)11-15-32)33-23-9-7-20(25(26,27)28)16-19(23)17-31-13-4-5-14-31/h3,6-10,12,16,32H,2,4-5,11,13-15,17H2,1H3/b8-6-,22-3+. The van der Waals surface area contributed by atoms with Crippen molar-refractivity contribution in [3.05, 3.63) is 83.7 Å². The van der Waals surface area contributed by atoms with Crippen LogP contribution in [0.2, 0.25) is 0 Å². The maximum Gasteiger partial charge on any atom is 0.416 e. The van der Waals surface area contributed by atoms with Crippen molar-refractivity contribution in [1.29, 1.82) is 0 Å². The van der Waals surface area contributed by atoms with E-state index in [1.807, 2.05) is 0 Å². The van der Waals surface area contributed by atoms with Gasteiger partial charge in [-0.2, -0.15) is 13.2 Å². The molecule has 1 aromatic carbocycles. The zero-order valence-corrected chi connectivity index (χ0v) is 18.6. The normalized spacial score (nSPS) is 15.4. The highest BCUT2D eigenvalue weighted by molar-refractivity contribution is 5.67. The van der Waals surface area contributed by atoms with Crippen molar-refractivity contribution in [1.82, 2.24) is 14.9 Å². The average molecular weight is 460 g/mol. The third kappa shape index (κ3) is 7.00. The molecule has 3 rings (SSSR count). The van der Waals surface area contributed by atoms with Crippen LogP contribution in [-0.4, -0.2) is 39.7 Å². The Labute approximate surface area is 191 Å². The number of alkyl halides is 3. The van der Waals surface area contributed by atoms with E-state index in [2.05, 4.69) is 21.4 Å². The Morgan fingerprint density at radius 3 is 2.64 bits per heavy atom. The van der Waals surface area contributed by atoms with Gasteiger partial charge in [0.15, 0.2) is 5.82 Å². The van der Waals surface area contributed by atoms with Crippen LogP contribution in [0.3, 0.4) is 0 Å². The number of aliphatic hydroxyl groups is 1. The molecule has 33 heavy (non-hydrogen) atoms. The van der Waals surface area contributed by atoms with E-state index in [9.17, 15) is 13.2 Å². The number of hydrogen-bond acceptors (Lipinski definition) is 5. The predicted molar refractivity (Wildman–Crippen MR) is 121 cm³/mol. The summed E-state index contributed by atoms with van der Waals surface area (Å²) in [6.07, 6.45) is 4.80. The molecule has 1 aliphatic heterocycles. The Morgan fingerprint density at radius 2 is 1.97 bits per heavy atom. The maximum atomic E-state index is 13.3. The number of likely N-dealkylation sites (tertiary alicyclic amines) is 1. The van der Waals surface area contributed by atoms with Crippen LogP contribution in [-0.2, 0) is 19.1 Å². The lowest BCUT2D eigenvalue weighted by Gasteiger charge is -2.19. The largest absolute Gasteiger partial charge is 0.457 e. The van der Waals surface area contributed by atoms with Crippen molar-refractivity contribution in [2.75, 3.05) is 19.7 Å². The van der Waals surface area contributed by atoms with E-state index in [1.54, 1.807) is 37.4 Å². The van der Waals surface area contributed by atoms with Gasteiger partial charge in [-0.05, 0) is 75.3 Å². The Hall–Kier alpha value is -2.97. The number of hydrogen-bond donors (Lipinski definition) is 1. The second-order valence-corrected chi connectivity index (χ2v) is 7.80. The van der Waals surface area contributed by atoms with Crippen LogP contribution >= 0.6 is 0 Å². The molecule has 8 heteroatoms. The highest BCUT2D eigenvalue weighted by atomic mass is 19.4. The van der Waals surface area contributed by atoms with Crippen LogP contribution in [0.25, 0.3) is 5.57 Å². The topological polar surface area (TPSA) is 58.5 Å². The summed E-state index contributed by atoms with van der Waals surface area (Å²) in [5, 5.41) is 9.08. The molecule has 1 saturated heterocycles. The fraction of sp³-hybridized carbons (Fsp3) is 0.360. The van der Waals surface area contributed by atoms with Gasteiger partial charge in [0.05, 0.1) is 5.56 Å². The van der Waals surface area contributed by atoms with Crippen molar-refractivity contribution in [2.45, 2.75) is 38.9 Å². The molecule has 2 aromatic rings. The minimum Gasteiger partial charge on any atom is -0.457 e. The zero-order valence-electron chi connectivity index (χ0n) is 18.6.